The Morgan fingerprint density at radius 2 is 2.39 bits per heavy atom. The van der Waals surface area contributed by atoms with Crippen molar-refractivity contribution in [3.05, 3.63) is 35.8 Å². The summed E-state index contributed by atoms with van der Waals surface area (Å²) in [7, 11) is 0. The number of carbonyl (C=O) groups is 1. The summed E-state index contributed by atoms with van der Waals surface area (Å²) >= 11 is 0. The molecular formula is C11H12N4O3. The van der Waals surface area contributed by atoms with Crippen molar-refractivity contribution in [1.29, 1.82) is 0 Å². The first-order valence-electron chi connectivity index (χ1n) is 5.63. The van der Waals surface area contributed by atoms with Crippen molar-refractivity contribution in [3.63, 3.8) is 0 Å². The van der Waals surface area contributed by atoms with Crippen molar-refractivity contribution in [2.24, 2.45) is 0 Å². The molecule has 0 aromatic carbocycles. The second-order valence-corrected chi connectivity index (χ2v) is 4.23. The van der Waals surface area contributed by atoms with E-state index >= 15 is 0 Å². The normalized spacial score (nSPS) is 15.6. The average molecular weight is 248 g/mol. The minimum Gasteiger partial charge on any atom is -0.475 e. The molecule has 0 aliphatic carbocycles. The summed E-state index contributed by atoms with van der Waals surface area (Å²) in [5.74, 6) is -0.112. The fourth-order valence-corrected chi connectivity index (χ4v) is 2.14. The molecule has 1 N–H and O–H groups in total. The van der Waals surface area contributed by atoms with E-state index in [0.717, 1.165) is 18.9 Å². The maximum Gasteiger partial charge on any atom is 0.372 e. The first kappa shape index (κ1) is 11.0. The largest absolute Gasteiger partial charge is 0.475 e. The smallest absolute Gasteiger partial charge is 0.372 e. The number of fused-ring (bicyclic) bond motifs is 1. The van der Waals surface area contributed by atoms with Gasteiger partial charge in [-0.1, -0.05) is 0 Å². The van der Waals surface area contributed by atoms with Gasteiger partial charge < -0.3 is 14.1 Å². The van der Waals surface area contributed by atoms with Crippen molar-refractivity contribution in [3.8, 4) is 0 Å². The van der Waals surface area contributed by atoms with E-state index in [-0.39, 0.29) is 5.76 Å². The van der Waals surface area contributed by atoms with Crippen molar-refractivity contribution in [2.45, 2.75) is 19.6 Å². The van der Waals surface area contributed by atoms with E-state index in [4.69, 9.17) is 9.52 Å². The number of hydrogen-bond donors (Lipinski definition) is 1. The monoisotopic (exact) mass is 248 g/mol. The lowest BCUT2D eigenvalue weighted by molar-refractivity contribution is 0.0658. The summed E-state index contributed by atoms with van der Waals surface area (Å²) < 4.78 is 6.97. The Balaban J connectivity index is 1.75. The van der Waals surface area contributed by atoms with E-state index in [9.17, 15) is 4.79 Å². The third kappa shape index (κ3) is 1.88. The van der Waals surface area contributed by atoms with Crippen LogP contribution < -0.4 is 0 Å². The second kappa shape index (κ2) is 4.26. The predicted molar refractivity (Wildman–Crippen MR) is 59.8 cm³/mol. The van der Waals surface area contributed by atoms with Crippen LogP contribution in [-0.4, -0.2) is 37.3 Å². The van der Waals surface area contributed by atoms with Crippen LogP contribution in [0.5, 0.6) is 0 Å². The highest BCUT2D eigenvalue weighted by atomic mass is 16.4. The minimum absolute atomic E-state index is 0.0158. The van der Waals surface area contributed by atoms with Gasteiger partial charge in [0.15, 0.2) is 0 Å². The Morgan fingerprint density at radius 1 is 1.50 bits per heavy atom. The second-order valence-electron chi connectivity index (χ2n) is 4.23. The molecular weight excluding hydrogens is 236 g/mol. The molecule has 7 nitrogen and oxygen atoms in total. The van der Waals surface area contributed by atoms with Gasteiger partial charge in [0.2, 0.25) is 5.76 Å². The molecule has 0 saturated carbocycles. The van der Waals surface area contributed by atoms with Crippen molar-refractivity contribution in [2.75, 3.05) is 6.54 Å². The topological polar surface area (TPSA) is 84.4 Å². The molecule has 0 bridgehead atoms. The van der Waals surface area contributed by atoms with Crippen LogP contribution in [0.25, 0.3) is 0 Å². The highest BCUT2D eigenvalue weighted by Crippen LogP contribution is 2.17. The number of hydrogen-bond acceptors (Lipinski definition) is 5. The van der Waals surface area contributed by atoms with Crippen molar-refractivity contribution in [1.82, 2.24) is 19.7 Å². The third-order valence-corrected chi connectivity index (χ3v) is 3.05. The van der Waals surface area contributed by atoms with Crippen LogP contribution in [0.15, 0.2) is 23.1 Å². The van der Waals surface area contributed by atoms with E-state index in [2.05, 4.69) is 15.1 Å². The van der Waals surface area contributed by atoms with Crippen LogP contribution in [0.3, 0.4) is 0 Å². The molecule has 2 aromatic heterocycles. The highest BCUT2D eigenvalue weighted by molar-refractivity contribution is 5.86. The van der Waals surface area contributed by atoms with Crippen molar-refractivity contribution >= 4 is 5.97 Å². The highest BCUT2D eigenvalue weighted by Gasteiger charge is 2.21. The summed E-state index contributed by atoms with van der Waals surface area (Å²) in [5.41, 5.74) is 0.690. The number of carboxylic acids is 1. The van der Waals surface area contributed by atoms with Crippen LogP contribution in [0.2, 0.25) is 0 Å². The zero-order valence-electron chi connectivity index (χ0n) is 9.61. The number of carboxylic acid groups (broad SMARTS) is 1. The Bertz CT molecular complexity index is 574. The lowest BCUT2D eigenvalue weighted by Crippen LogP contribution is -2.33. The molecule has 0 fully saturated rings. The van der Waals surface area contributed by atoms with Gasteiger partial charge in [0.05, 0.1) is 12.8 Å². The molecule has 2 aromatic rings. The fourth-order valence-electron chi connectivity index (χ4n) is 2.14. The van der Waals surface area contributed by atoms with Gasteiger partial charge in [-0.15, -0.1) is 10.2 Å². The van der Waals surface area contributed by atoms with Gasteiger partial charge in [0.25, 0.3) is 0 Å². The van der Waals surface area contributed by atoms with Gasteiger partial charge in [-0.3, -0.25) is 4.90 Å². The molecule has 0 atom stereocenters. The molecule has 0 radical (unpaired) electrons. The number of aromatic carboxylic acids is 1. The standard InChI is InChI=1S/C11H12N4O3/c16-11(17)10-8(1-4-18-10)5-14-2-3-15-7-12-13-9(15)6-14/h1,4,7H,2-3,5-6H2,(H,16,17). The zero-order valence-corrected chi connectivity index (χ0v) is 9.61. The van der Waals surface area contributed by atoms with E-state index < -0.39 is 5.97 Å². The summed E-state index contributed by atoms with van der Waals surface area (Å²) in [6, 6.07) is 1.70. The maximum absolute atomic E-state index is 10.9. The summed E-state index contributed by atoms with van der Waals surface area (Å²) in [6.07, 6.45) is 3.12. The predicted octanol–water partition coefficient (Wildman–Crippen LogP) is 0.585. The minimum atomic E-state index is -1.03. The molecule has 0 amide bonds. The Kier molecular flexibility index (Phi) is 2.60. The molecule has 1 aliphatic rings. The fraction of sp³-hybridized carbons (Fsp3) is 0.364. The summed E-state index contributed by atoms with van der Waals surface area (Å²) in [4.78, 5) is 13.1. The van der Waals surface area contributed by atoms with Gasteiger partial charge in [-0.05, 0) is 6.07 Å². The first-order chi connectivity index (χ1) is 8.74. The summed E-state index contributed by atoms with van der Waals surface area (Å²) in [6.45, 7) is 2.88. The van der Waals surface area contributed by atoms with Crippen LogP contribution in [0, 0.1) is 0 Å². The number of nitrogens with zero attached hydrogens (tertiary/aromatic N) is 4. The van der Waals surface area contributed by atoms with E-state index in [0.29, 0.717) is 18.7 Å². The Morgan fingerprint density at radius 3 is 3.22 bits per heavy atom. The molecule has 7 heteroatoms. The SMILES string of the molecule is O=C(O)c1occc1CN1CCn2cnnc2C1. The van der Waals surface area contributed by atoms with Gasteiger partial charge in [0, 0.05) is 25.2 Å². The lowest BCUT2D eigenvalue weighted by atomic mass is 10.2. The molecule has 18 heavy (non-hydrogen) atoms. The van der Waals surface area contributed by atoms with E-state index in [1.165, 1.54) is 6.26 Å². The number of furan rings is 1. The van der Waals surface area contributed by atoms with Gasteiger partial charge in [-0.2, -0.15) is 0 Å². The van der Waals surface area contributed by atoms with Crippen LogP contribution >= 0.6 is 0 Å². The zero-order chi connectivity index (χ0) is 12.5. The molecule has 3 rings (SSSR count). The molecule has 94 valence electrons. The van der Waals surface area contributed by atoms with Crippen LogP contribution in [0.1, 0.15) is 21.9 Å². The lowest BCUT2D eigenvalue weighted by Gasteiger charge is -2.26. The maximum atomic E-state index is 10.9. The van der Waals surface area contributed by atoms with Crippen molar-refractivity contribution < 1.29 is 14.3 Å². The molecule has 1 aliphatic heterocycles. The molecule has 3 heterocycles. The van der Waals surface area contributed by atoms with E-state index in [1.807, 2.05) is 4.57 Å². The average Bonchev–Trinajstić information content (AvgIpc) is 2.96. The first-order valence-corrected chi connectivity index (χ1v) is 5.63. The summed E-state index contributed by atoms with van der Waals surface area (Å²) in [5, 5.41) is 16.9. The molecule has 0 spiro atoms. The van der Waals surface area contributed by atoms with Crippen LogP contribution in [-0.2, 0) is 19.6 Å². The quantitative estimate of drug-likeness (QED) is 0.855. The van der Waals surface area contributed by atoms with Crippen LogP contribution in [0.4, 0.5) is 0 Å². The van der Waals surface area contributed by atoms with Gasteiger partial charge in [-0.25, -0.2) is 4.79 Å². The van der Waals surface area contributed by atoms with Gasteiger partial charge in [0.1, 0.15) is 12.2 Å². The Hall–Kier alpha value is -2.15. The van der Waals surface area contributed by atoms with Gasteiger partial charge >= 0.3 is 5.97 Å². The number of aromatic nitrogens is 3. The Labute approximate surface area is 103 Å². The van der Waals surface area contributed by atoms with E-state index in [1.54, 1.807) is 12.4 Å². The third-order valence-electron chi connectivity index (χ3n) is 3.05. The number of rotatable bonds is 3. The molecule has 0 saturated heterocycles. The molecule has 0 unspecified atom stereocenters.